The summed E-state index contributed by atoms with van der Waals surface area (Å²) in [4.78, 5) is 0. The van der Waals surface area contributed by atoms with Crippen LogP contribution in [0.5, 0.6) is 5.75 Å². The Morgan fingerprint density at radius 3 is 2.20 bits per heavy atom. The summed E-state index contributed by atoms with van der Waals surface area (Å²) in [6, 6.07) is 0.113. The molecule has 0 radical (unpaired) electrons. The summed E-state index contributed by atoms with van der Waals surface area (Å²) in [5.74, 6) is -7.28. The van der Waals surface area contributed by atoms with E-state index in [-0.39, 0.29) is 32.1 Å². The van der Waals surface area contributed by atoms with Crippen LogP contribution in [0, 0.1) is 23.3 Å². The zero-order valence-electron chi connectivity index (χ0n) is 11.1. The fourth-order valence-electron chi connectivity index (χ4n) is 1.68. The van der Waals surface area contributed by atoms with Crippen molar-refractivity contribution in [2.75, 3.05) is 13.2 Å². The Hall–Kier alpha value is -1.34. The third-order valence-electron chi connectivity index (χ3n) is 3.14. The van der Waals surface area contributed by atoms with Gasteiger partial charge in [-0.3, -0.25) is 0 Å². The van der Waals surface area contributed by atoms with E-state index in [1.54, 1.807) is 6.92 Å². The number of ether oxygens (including phenoxy) is 1. The fraction of sp³-hybridized carbons (Fsp3) is 0.538. The van der Waals surface area contributed by atoms with Gasteiger partial charge in [-0.15, -0.1) is 0 Å². The molecule has 0 bridgehead atoms. The molecule has 1 unspecified atom stereocenters. The quantitative estimate of drug-likeness (QED) is 0.461. The lowest BCUT2D eigenvalue weighted by Crippen LogP contribution is -2.37. The molecule has 0 fully saturated rings. The fourth-order valence-corrected chi connectivity index (χ4v) is 1.68. The second-order valence-corrected chi connectivity index (χ2v) is 4.53. The highest BCUT2D eigenvalue weighted by Crippen LogP contribution is 2.27. The van der Waals surface area contributed by atoms with E-state index in [2.05, 4.69) is 0 Å². The molecule has 0 amide bonds. The van der Waals surface area contributed by atoms with Gasteiger partial charge in [-0.25, -0.2) is 8.78 Å². The predicted molar refractivity (Wildman–Crippen MR) is 65.3 cm³/mol. The van der Waals surface area contributed by atoms with Crippen LogP contribution in [0.15, 0.2) is 6.07 Å². The average Bonchev–Trinajstić information content (AvgIpc) is 2.44. The average molecular weight is 295 g/mol. The number of nitrogens with two attached hydrogens (primary N) is 1. The van der Waals surface area contributed by atoms with Gasteiger partial charge in [-0.2, -0.15) is 8.78 Å². The second kappa shape index (κ2) is 6.90. The first-order valence-electron chi connectivity index (χ1n) is 6.23. The zero-order chi connectivity index (χ0) is 15.3. The molecular formula is C13H17F4NO2. The maximum absolute atomic E-state index is 13.3. The lowest BCUT2D eigenvalue weighted by molar-refractivity contribution is 0.0306. The highest BCUT2D eigenvalue weighted by atomic mass is 19.2. The lowest BCUT2D eigenvalue weighted by atomic mass is 9.95. The summed E-state index contributed by atoms with van der Waals surface area (Å²) >= 11 is 0. The van der Waals surface area contributed by atoms with Crippen molar-refractivity contribution in [1.29, 1.82) is 0 Å². The molecule has 3 N–H and O–H groups in total. The summed E-state index contributed by atoms with van der Waals surface area (Å²) in [6.07, 6.45) is 0.903. The van der Waals surface area contributed by atoms with Crippen molar-refractivity contribution in [3.05, 3.63) is 29.3 Å². The number of benzene rings is 1. The van der Waals surface area contributed by atoms with Gasteiger partial charge in [0.2, 0.25) is 11.6 Å². The van der Waals surface area contributed by atoms with E-state index in [0.717, 1.165) is 0 Å². The molecule has 0 spiro atoms. The maximum Gasteiger partial charge on any atom is 0.203 e. The molecule has 1 aromatic carbocycles. The molecule has 0 aliphatic rings. The highest BCUT2D eigenvalue weighted by Gasteiger charge is 2.23. The van der Waals surface area contributed by atoms with E-state index in [4.69, 9.17) is 10.5 Å². The van der Waals surface area contributed by atoms with Crippen LogP contribution in [0.2, 0.25) is 0 Å². The maximum atomic E-state index is 13.3. The summed E-state index contributed by atoms with van der Waals surface area (Å²) in [6.45, 7) is 1.59. The van der Waals surface area contributed by atoms with Gasteiger partial charge in [0.25, 0.3) is 0 Å². The number of hydrogen-bond donors (Lipinski definition) is 2. The molecule has 1 aromatic rings. The van der Waals surface area contributed by atoms with Crippen molar-refractivity contribution in [2.24, 2.45) is 5.73 Å². The first-order valence-corrected chi connectivity index (χ1v) is 6.23. The van der Waals surface area contributed by atoms with E-state index < -0.39 is 34.6 Å². The Kier molecular flexibility index (Phi) is 5.76. The topological polar surface area (TPSA) is 55.5 Å². The van der Waals surface area contributed by atoms with Crippen LogP contribution in [0.4, 0.5) is 17.6 Å². The molecule has 114 valence electrons. The van der Waals surface area contributed by atoms with Gasteiger partial charge in [-0.05, 0) is 19.3 Å². The summed E-state index contributed by atoms with van der Waals surface area (Å²) < 4.78 is 57.1. The Morgan fingerprint density at radius 1 is 1.20 bits per heavy atom. The van der Waals surface area contributed by atoms with E-state index in [9.17, 15) is 22.7 Å². The molecule has 0 saturated heterocycles. The molecule has 3 nitrogen and oxygen atoms in total. The molecule has 0 saturated carbocycles. The first-order chi connectivity index (χ1) is 9.34. The third kappa shape index (κ3) is 3.83. The molecule has 1 rings (SSSR count). The standard InChI is InChI=1S/C13H17F4NO2/c1-2-13(19,7-18)4-3-5-20-12-10(16)8(14)6-9(15)11(12)17/h6,19H,2-5,7,18H2,1H3. The molecule has 1 atom stereocenters. The number of halogens is 4. The smallest absolute Gasteiger partial charge is 0.203 e. The van der Waals surface area contributed by atoms with Crippen molar-refractivity contribution in [3.63, 3.8) is 0 Å². The Balaban J connectivity index is 2.63. The zero-order valence-corrected chi connectivity index (χ0v) is 11.1. The van der Waals surface area contributed by atoms with Crippen molar-refractivity contribution in [1.82, 2.24) is 0 Å². The van der Waals surface area contributed by atoms with Gasteiger partial charge >= 0.3 is 0 Å². The molecule has 7 heteroatoms. The number of hydrogen-bond acceptors (Lipinski definition) is 3. The van der Waals surface area contributed by atoms with Crippen LogP contribution in [-0.4, -0.2) is 23.9 Å². The van der Waals surface area contributed by atoms with Gasteiger partial charge in [0, 0.05) is 12.6 Å². The van der Waals surface area contributed by atoms with Crippen LogP contribution in [0.25, 0.3) is 0 Å². The highest BCUT2D eigenvalue weighted by molar-refractivity contribution is 5.28. The second-order valence-electron chi connectivity index (χ2n) is 4.53. The minimum absolute atomic E-state index is 0.0425. The minimum atomic E-state index is -1.58. The van der Waals surface area contributed by atoms with Crippen LogP contribution in [0.1, 0.15) is 26.2 Å². The monoisotopic (exact) mass is 295 g/mol. The van der Waals surface area contributed by atoms with Crippen molar-refractivity contribution >= 4 is 0 Å². The largest absolute Gasteiger partial charge is 0.487 e. The van der Waals surface area contributed by atoms with Gasteiger partial charge in [-0.1, -0.05) is 6.92 Å². The Labute approximate surface area is 114 Å². The van der Waals surface area contributed by atoms with Crippen LogP contribution < -0.4 is 10.5 Å². The molecule has 0 aliphatic carbocycles. The summed E-state index contributed by atoms with van der Waals surface area (Å²) in [7, 11) is 0. The summed E-state index contributed by atoms with van der Waals surface area (Å²) in [5.41, 5.74) is 4.31. The molecule has 0 aromatic heterocycles. The minimum Gasteiger partial charge on any atom is -0.487 e. The van der Waals surface area contributed by atoms with Crippen molar-refractivity contribution in [2.45, 2.75) is 31.8 Å². The van der Waals surface area contributed by atoms with Crippen LogP contribution >= 0.6 is 0 Å². The molecular weight excluding hydrogens is 278 g/mol. The Morgan fingerprint density at radius 2 is 1.75 bits per heavy atom. The van der Waals surface area contributed by atoms with E-state index >= 15 is 0 Å². The van der Waals surface area contributed by atoms with E-state index in [0.29, 0.717) is 6.42 Å². The predicted octanol–water partition coefficient (Wildman–Crippen LogP) is 2.50. The van der Waals surface area contributed by atoms with Crippen LogP contribution in [0.3, 0.4) is 0 Å². The van der Waals surface area contributed by atoms with Crippen molar-refractivity contribution < 1.29 is 27.4 Å². The van der Waals surface area contributed by atoms with E-state index in [1.165, 1.54) is 0 Å². The molecule has 0 heterocycles. The van der Waals surface area contributed by atoms with Gasteiger partial charge < -0.3 is 15.6 Å². The Bertz CT molecular complexity index is 438. The summed E-state index contributed by atoms with van der Waals surface area (Å²) in [5, 5.41) is 9.87. The third-order valence-corrected chi connectivity index (χ3v) is 3.14. The van der Waals surface area contributed by atoms with Gasteiger partial charge in [0.15, 0.2) is 17.4 Å². The molecule has 20 heavy (non-hydrogen) atoms. The number of rotatable bonds is 7. The first kappa shape index (κ1) is 16.7. The van der Waals surface area contributed by atoms with Crippen molar-refractivity contribution in [3.8, 4) is 5.75 Å². The number of aliphatic hydroxyl groups is 1. The lowest BCUT2D eigenvalue weighted by Gasteiger charge is -2.24. The van der Waals surface area contributed by atoms with Gasteiger partial charge in [0.05, 0.1) is 12.2 Å². The SMILES string of the molecule is CCC(O)(CN)CCCOc1c(F)c(F)cc(F)c1F. The van der Waals surface area contributed by atoms with Gasteiger partial charge in [0.1, 0.15) is 0 Å². The molecule has 0 aliphatic heterocycles. The normalized spacial score (nSPS) is 14.2. The van der Waals surface area contributed by atoms with E-state index in [1.807, 2.05) is 0 Å². The van der Waals surface area contributed by atoms with Crippen LogP contribution in [-0.2, 0) is 0 Å².